The normalized spacial score (nSPS) is 11.7. The molecule has 0 aromatic heterocycles. The van der Waals surface area contributed by atoms with E-state index >= 15 is 0 Å². The Morgan fingerprint density at radius 3 is 1.64 bits per heavy atom. The average Bonchev–Trinajstić information content (AvgIpc) is 2.24. The molecule has 0 fully saturated rings. The Bertz CT molecular complexity index is 267. The van der Waals surface area contributed by atoms with Crippen molar-refractivity contribution in [3.05, 3.63) is 35.4 Å². The third-order valence-corrected chi connectivity index (χ3v) is 2.21. The summed E-state index contributed by atoms with van der Waals surface area (Å²) in [5, 5.41) is 0. The minimum absolute atomic E-state index is 0.843. The molecule has 0 N–H and O–H groups in total. The molecule has 0 unspecified atom stereocenters. The molecular formula is C11H16O3. The van der Waals surface area contributed by atoms with Gasteiger partial charge >= 0.3 is 5.97 Å². The molecule has 1 aromatic carbocycles. The first kappa shape index (κ1) is 11.2. The molecule has 0 heterocycles. The second-order valence-electron chi connectivity index (χ2n) is 3.03. The highest BCUT2D eigenvalue weighted by molar-refractivity contribution is 5.23. The zero-order chi connectivity index (χ0) is 10.6. The van der Waals surface area contributed by atoms with Gasteiger partial charge in [0, 0.05) is 26.9 Å². The largest absolute Gasteiger partial charge is 0.327 e. The van der Waals surface area contributed by atoms with Crippen molar-refractivity contribution in [1.82, 2.24) is 0 Å². The quantitative estimate of drug-likeness (QED) is 0.690. The van der Waals surface area contributed by atoms with E-state index in [0.29, 0.717) is 0 Å². The van der Waals surface area contributed by atoms with E-state index in [-0.39, 0.29) is 0 Å². The Balaban J connectivity index is 3.05. The topological polar surface area (TPSA) is 27.7 Å². The van der Waals surface area contributed by atoms with Gasteiger partial charge in [0.2, 0.25) is 0 Å². The third kappa shape index (κ3) is 1.95. The lowest BCUT2D eigenvalue weighted by atomic mass is 10.1. The van der Waals surface area contributed by atoms with Crippen LogP contribution in [-0.4, -0.2) is 21.3 Å². The summed E-state index contributed by atoms with van der Waals surface area (Å²) in [5.41, 5.74) is 2.03. The fraction of sp³-hybridized carbons (Fsp3) is 0.455. The Kier molecular flexibility index (Phi) is 3.63. The maximum Gasteiger partial charge on any atom is 0.311 e. The number of ether oxygens (including phenoxy) is 3. The molecule has 0 radical (unpaired) electrons. The zero-order valence-corrected chi connectivity index (χ0v) is 9.03. The van der Waals surface area contributed by atoms with E-state index in [4.69, 9.17) is 14.2 Å². The van der Waals surface area contributed by atoms with Gasteiger partial charge in [0.1, 0.15) is 0 Å². The van der Waals surface area contributed by atoms with Crippen LogP contribution in [0.4, 0.5) is 0 Å². The van der Waals surface area contributed by atoms with Gasteiger partial charge in [0.25, 0.3) is 0 Å². The molecule has 0 aliphatic heterocycles. The van der Waals surface area contributed by atoms with Gasteiger partial charge in [0.15, 0.2) is 0 Å². The average molecular weight is 196 g/mol. The number of hydrogen-bond acceptors (Lipinski definition) is 3. The van der Waals surface area contributed by atoms with E-state index in [1.54, 1.807) is 21.3 Å². The summed E-state index contributed by atoms with van der Waals surface area (Å²) in [7, 11) is 4.65. The summed E-state index contributed by atoms with van der Waals surface area (Å²) >= 11 is 0. The van der Waals surface area contributed by atoms with Crippen molar-refractivity contribution >= 4 is 0 Å². The second kappa shape index (κ2) is 4.55. The van der Waals surface area contributed by atoms with Gasteiger partial charge in [-0.05, 0) is 6.92 Å². The predicted molar refractivity (Wildman–Crippen MR) is 53.9 cm³/mol. The van der Waals surface area contributed by atoms with Crippen molar-refractivity contribution in [1.29, 1.82) is 0 Å². The van der Waals surface area contributed by atoms with Gasteiger partial charge in [-0.25, -0.2) is 0 Å². The molecule has 0 aliphatic carbocycles. The Morgan fingerprint density at radius 1 is 0.857 bits per heavy atom. The van der Waals surface area contributed by atoms with Gasteiger partial charge in [-0.2, -0.15) is 0 Å². The van der Waals surface area contributed by atoms with Crippen molar-refractivity contribution in [3.8, 4) is 0 Å². The van der Waals surface area contributed by atoms with Gasteiger partial charge < -0.3 is 14.2 Å². The number of aryl methyl sites for hydroxylation is 1. The molecule has 0 spiro atoms. The highest BCUT2D eigenvalue weighted by atomic mass is 16.9. The van der Waals surface area contributed by atoms with Crippen LogP contribution in [0.5, 0.6) is 0 Å². The molecule has 78 valence electrons. The van der Waals surface area contributed by atoms with Gasteiger partial charge in [-0.1, -0.05) is 29.8 Å². The molecule has 1 rings (SSSR count). The summed E-state index contributed by atoms with van der Waals surface area (Å²) in [6.07, 6.45) is 0. The summed E-state index contributed by atoms with van der Waals surface area (Å²) in [5.74, 6) is -1.09. The monoisotopic (exact) mass is 196 g/mol. The summed E-state index contributed by atoms with van der Waals surface area (Å²) in [4.78, 5) is 0. The van der Waals surface area contributed by atoms with Crippen molar-refractivity contribution in [2.45, 2.75) is 12.9 Å². The smallest absolute Gasteiger partial charge is 0.311 e. The highest BCUT2D eigenvalue weighted by Gasteiger charge is 2.31. The van der Waals surface area contributed by atoms with Crippen LogP contribution in [0.3, 0.4) is 0 Å². The number of hydrogen-bond donors (Lipinski definition) is 0. The van der Waals surface area contributed by atoms with Crippen LogP contribution >= 0.6 is 0 Å². The standard InChI is InChI=1S/C11H16O3/c1-9-5-7-10(8-6-9)11(12-2,13-3)14-4/h5-8H,1-4H3. The van der Waals surface area contributed by atoms with Crippen LogP contribution in [0, 0.1) is 6.92 Å². The molecule has 0 atom stereocenters. The van der Waals surface area contributed by atoms with E-state index in [1.807, 2.05) is 31.2 Å². The van der Waals surface area contributed by atoms with E-state index in [9.17, 15) is 0 Å². The van der Waals surface area contributed by atoms with Crippen LogP contribution < -0.4 is 0 Å². The molecule has 0 bridgehead atoms. The molecule has 0 aliphatic rings. The lowest BCUT2D eigenvalue weighted by molar-refractivity contribution is -0.364. The predicted octanol–water partition coefficient (Wildman–Crippen LogP) is 2.04. The van der Waals surface area contributed by atoms with Crippen LogP contribution in [0.15, 0.2) is 24.3 Å². The van der Waals surface area contributed by atoms with Crippen LogP contribution in [-0.2, 0) is 20.2 Å². The molecule has 1 aromatic rings. The Morgan fingerprint density at radius 2 is 1.29 bits per heavy atom. The van der Waals surface area contributed by atoms with Crippen molar-refractivity contribution < 1.29 is 14.2 Å². The van der Waals surface area contributed by atoms with Crippen LogP contribution in [0.2, 0.25) is 0 Å². The van der Waals surface area contributed by atoms with Gasteiger partial charge in [0.05, 0.1) is 0 Å². The minimum atomic E-state index is -1.09. The van der Waals surface area contributed by atoms with E-state index in [0.717, 1.165) is 5.56 Å². The summed E-state index contributed by atoms with van der Waals surface area (Å²) in [6.45, 7) is 2.03. The number of rotatable bonds is 4. The van der Waals surface area contributed by atoms with Gasteiger partial charge in [-0.3, -0.25) is 0 Å². The summed E-state index contributed by atoms with van der Waals surface area (Å²) < 4.78 is 15.7. The minimum Gasteiger partial charge on any atom is -0.327 e. The van der Waals surface area contributed by atoms with E-state index < -0.39 is 5.97 Å². The molecule has 0 amide bonds. The molecule has 3 heteroatoms. The molecule has 0 saturated heterocycles. The third-order valence-electron chi connectivity index (χ3n) is 2.21. The zero-order valence-electron chi connectivity index (χ0n) is 9.03. The number of methoxy groups -OCH3 is 3. The lowest BCUT2D eigenvalue weighted by Gasteiger charge is -2.28. The van der Waals surface area contributed by atoms with E-state index in [2.05, 4.69) is 0 Å². The molecule has 0 saturated carbocycles. The van der Waals surface area contributed by atoms with Crippen LogP contribution in [0.1, 0.15) is 11.1 Å². The fourth-order valence-electron chi connectivity index (χ4n) is 1.36. The first-order valence-electron chi connectivity index (χ1n) is 4.41. The van der Waals surface area contributed by atoms with Crippen molar-refractivity contribution in [2.75, 3.05) is 21.3 Å². The molecular weight excluding hydrogens is 180 g/mol. The second-order valence-corrected chi connectivity index (χ2v) is 3.03. The Hall–Kier alpha value is -0.900. The van der Waals surface area contributed by atoms with Gasteiger partial charge in [-0.15, -0.1) is 0 Å². The maximum atomic E-state index is 5.22. The molecule has 3 nitrogen and oxygen atoms in total. The Labute approximate surface area is 84.6 Å². The van der Waals surface area contributed by atoms with Crippen molar-refractivity contribution in [2.24, 2.45) is 0 Å². The molecule has 14 heavy (non-hydrogen) atoms. The summed E-state index contributed by atoms with van der Waals surface area (Å²) in [6, 6.07) is 7.82. The van der Waals surface area contributed by atoms with Crippen LogP contribution in [0.25, 0.3) is 0 Å². The first-order chi connectivity index (χ1) is 6.68. The lowest BCUT2D eigenvalue weighted by Crippen LogP contribution is -2.32. The van der Waals surface area contributed by atoms with E-state index in [1.165, 1.54) is 5.56 Å². The first-order valence-corrected chi connectivity index (χ1v) is 4.41. The van der Waals surface area contributed by atoms with Crippen molar-refractivity contribution in [3.63, 3.8) is 0 Å². The maximum absolute atomic E-state index is 5.22. The highest BCUT2D eigenvalue weighted by Crippen LogP contribution is 2.26. The number of benzene rings is 1. The SMILES string of the molecule is COC(OC)(OC)c1ccc(C)cc1. The fourth-order valence-corrected chi connectivity index (χ4v) is 1.36.